The lowest BCUT2D eigenvalue weighted by Gasteiger charge is -2.29. The Kier molecular flexibility index (Phi) is 15.4. The van der Waals surface area contributed by atoms with Gasteiger partial charge in [-0.3, -0.25) is 20.6 Å². The van der Waals surface area contributed by atoms with Crippen LogP contribution >= 0.6 is 0 Å². The summed E-state index contributed by atoms with van der Waals surface area (Å²) in [6, 6.07) is 21.5. The van der Waals surface area contributed by atoms with E-state index in [1.807, 2.05) is 65.8 Å². The number of phenols is 2. The molecule has 2 aromatic carbocycles. The number of rotatable bonds is 10. The second-order valence-corrected chi connectivity index (χ2v) is 16.0. The van der Waals surface area contributed by atoms with Crippen LogP contribution in [-0.4, -0.2) is 69.0 Å². The fourth-order valence-corrected chi connectivity index (χ4v) is 6.28. The lowest BCUT2D eigenvalue weighted by Crippen LogP contribution is -2.29. The van der Waals surface area contributed by atoms with Gasteiger partial charge in [0, 0.05) is 23.5 Å². The Morgan fingerprint density at radius 2 is 1.02 bits per heavy atom. The zero-order chi connectivity index (χ0) is 41.7. The van der Waals surface area contributed by atoms with Gasteiger partial charge in [-0.1, -0.05) is 36.4 Å². The standard InChI is InChI=1S/2C22H28N2O5/c2*1-22(2,3)29-21(26)24-17-8-6-12-23-18(17)14-27-15-10-11-20(28-13-15)16-7-4-5-9-19(16)25/h2*4-9,12,15,20,25H,10-11,13-14H2,1-3H3,(H,24,26)/t2*15-,20-/m10/s1. The van der Waals surface area contributed by atoms with Gasteiger partial charge < -0.3 is 38.6 Å². The van der Waals surface area contributed by atoms with E-state index in [0.717, 1.165) is 36.8 Å². The number of nitrogens with zero attached hydrogens (tertiary/aromatic N) is 2. The predicted molar refractivity (Wildman–Crippen MR) is 217 cm³/mol. The molecule has 14 heteroatoms. The summed E-state index contributed by atoms with van der Waals surface area (Å²) in [7, 11) is 0. The molecule has 2 amide bonds. The van der Waals surface area contributed by atoms with E-state index in [9.17, 15) is 19.8 Å². The number of hydrogen-bond donors (Lipinski definition) is 4. The number of para-hydroxylation sites is 2. The van der Waals surface area contributed by atoms with E-state index in [2.05, 4.69) is 20.6 Å². The second-order valence-electron chi connectivity index (χ2n) is 16.0. The van der Waals surface area contributed by atoms with Crippen molar-refractivity contribution in [3.05, 3.63) is 108 Å². The molecule has 58 heavy (non-hydrogen) atoms. The summed E-state index contributed by atoms with van der Waals surface area (Å²) in [6.45, 7) is 12.2. The van der Waals surface area contributed by atoms with Crippen molar-refractivity contribution < 1.29 is 48.2 Å². The van der Waals surface area contributed by atoms with Crippen molar-refractivity contribution >= 4 is 23.6 Å². The van der Waals surface area contributed by atoms with Gasteiger partial charge in [0.25, 0.3) is 0 Å². The number of anilines is 2. The molecule has 2 aromatic heterocycles. The predicted octanol–water partition coefficient (Wildman–Crippen LogP) is 9.14. The van der Waals surface area contributed by atoms with Crippen molar-refractivity contribution in [1.29, 1.82) is 0 Å². The van der Waals surface area contributed by atoms with Crippen molar-refractivity contribution in [2.24, 2.45) is 0 Å². The van der Waals surface area contributed by atoms with E-state index in [0.29, 0.717) is 36.0 Å². The van der Waals surface area contributed by atoms with Crippen LogP contribution in [0.15, 0.2) is 85.2 Å². The van der Waals surface area contributed by atoms with Gasteiger partial charge >= 0.3 is 12.2 Å². The third-order valence-corrected chi connectivity index (χ3v) is 9.00. The molecule has 6 rings (SSSR count). The highest BCUT2D eigenvalue weighted by Crippen LogP contribution is 2.35. The third kappa shape index (κ3) is 14.0. The van der Waals surface area contributed by atoms with E-state index in [-0.39, 0.29) is 49.1 Å². The first-order valence-electron chi connectivity index (χ1n) is 19.5. The van der Waals surface area contributed by atoms with Crippen LogP contribution in [0.1, 0.15) is 102 Å². The number of aromatic nitrogens is 2. The van der Waals surface area contributed by atoms with Crippen LogP contribution in [0, 0.1) is 0 Å². The maximum absolute atomic E-state index is 12.0. The van der Waals surface area contributed by atoms with Crippen LogP contribution in [-0.2, 0) is 41.6 Å². The highest BCUT2D eigenvalue weighted by Gasteiger charge is 2.27. The van der Waals surface area contributed by atoms with Gasteiger partial charge in [0.1, 0.15) is 22.7 Å². The summed E-state index contributed by atoms with van der Waals surface area (Å²) < 4.78 is 34.3. The highest BCUT2D eigenvalue weighted by atomic mass is 16.6. The maximum atomic E-state index is 12.0. The maximum Gasteiger partial charge on any atom is 0.412 e. The molecule has 312 valence electrons. The molecule has 2 saturated heterocycles. The lowest BCUT2D eigenvalue weighted by atomic mass is 9.99. The van der Waals surface area contributed by atoms with Gasteiger partial charge in [-0.25, -0.2) is 9.59 Å². The quantitative estimate of drug-likeness (QED) is 0.120. The average Bonchev–Trinajstić information content (AvgIpc) is 3.17. The van der Waals surface area contributed by atoms with Crippen LogP contribution in [0.3, 0.4) is 0 Å². The van der Waals surface area contributed by atoms with Crippen molar-refractivity contribution in [2.75, 3.05) is 23.8 Å². The van der Waals surface area contributed by atoms with Crippen molar-refractivity contribution in [1.82, 2.24) is 9.97 Å². The van der Waals surface area contributed by atoms with Gasteiger partial charge in [0.05, 0.1) is 73.6 Å². The van der Waals surface area contributed by atoms with Crippen LogP contribution < -0.4 is 10.6 Å². The molecule has 2 aliphatic heterocycles. The molecule has 4 heterocycles. The number of pyridine rings is 2. The Hall–Kier alpha value is -5.28. The van der Waals surface area contributed by atoms with Gasteiger partial charge in [-0.2, -0.15) is 0 Å². The molecule has 14 nitrogen and oxygen atoms in total. The normalized spacial score (nSPS) is 19.6. The molecule has 0 radical (unpaired) electrons. The minimum absolute atomic E-state index is 0.0755. The Morgan fingerprint density at radius 3 is 1.36 bits per heavy atom. The number of ether oxygens (including phenoxy) is 6. The van der Waals surface area contributed by atoms with Crippen LogP contribution in [0.2, 0.25) is 0 Å². The van der Waals surface area contributed by atoms with E-state index in [1.54, 1.807) is 60.9 Å². The first kappa shape index (κ1) is 43.8. The van der Waals surface area contributed by atoms with E-state index in [1.165, 1.54) is 0 Å². The summed E-state index contributed by atoms with van der Waals surface area (Å²) in [6.07, 6.45) is 4.97. The largest absolute Gasteiger partial charge is 0.508 e. The Morgan fingerprint density at radius 1 is 0.621 bits per heavy atom. The van der Waals surface area contributed by atoms with E-state index in [4.69, 9.17) is 28.4 Å². The monoisotopic (exact) mass is 800 g/mol. The number of nitrogens with one attached hydrogen (secondary N) is 2. The van der Waals surface area contributed by atoms with Crippen molar-refractivity contribution in [2.45, 2.75) is 116 Å². The smallest absolute Gasteiger partial charge is 0.412 e. The summed E-state index contributed by atoms with van der Waals surface area (Å²) in [5.74, 6) is 0.506. The fraction of sp³-hybridized carbons (Fsp3) is 0.455. The van der Waals surface area contributed by atoms with Crippen molar-refractivity contribution in [3.8, 4) is 11.5 Å². The lowest BCUT2D eigenvalue weighted by molar-refractivity contribution is -0.0929. The van der Waals surface area contributed by atoms with Gasteiger partial charge in [-0.05, 0) is 104 Å². The van der Waals surface area contributed by atoms with Crippen LogP contribution in [0.4, 0.5) is 21.0 Å². The summed E-state index contributed by atoms with van der Waals surface area (Å²) in [5, 5.41) is 25.4. The topological polar surface area (TPSA) is 180 Å². The minimum Gasteiger partial charge on any atom is -0.508 e. The molecule has 0 unspecified atom stereocenters. The molecule has 0 aliphatic carbocycles. The molecule has 2 fully saturated rings. The molecule has 4 atom stereocenters. The second kappa shape index (κ2) is 20.4. The van der Waals surface area contributed by atoms with Gasteiger partial charge in [-0.15, -0.1) is 0 Å². The number of carbonyl (C=O) groups excluding carboxylic acids is 2. The number of phenolic OH excluding ortho intramolecular Hbond substituents is 2. The molecular formula is C44H56N4O10. The van der Waals surface area contributed by atoms with Gasteiger partial charge in [0.2, 0.25) is 0 Å². The average molecular weight is 801 g/mol. The Labute approximate surface area is 340 Å². The Balaban J connectivity index is 0.000000221. The van der Waals surface area contributed by atoms with E-state index >= 15 is 0 Å². The number of hydrogen-bond acceptors (Lipinski definition) is 12. The molecule has 2 aliphatic rings. The first-order chi connectivity index (χ1) is 27.6. The number of aromatic hydroxyl groups is 2. The Bertz CT molecular complexity index is 1790. The van der Waals surface area contributed by atoms with Crippen molar-refractivity contribution in [3.63, 3.8) is 0 Å². The molecule has 0 saturated carbocycles. The number of benzene rings is 2. The summed E-state index contributed by atoms with van der Waals surface area (Å²) in [5.41, 5.74) is 2.83. The SMILES string of the molecule is CC(C)(C)OC(=O)Nc1cccnc1CO[C@@H]1CC[C@H](c2ccccc2O)OC1.CC(C)(C)OC(=O)Nc1cccnc1CO[C@H]1CC[C@@H](c2ccccc2O)OC1. The molecule has 4 aromatic rings. The molecule has 0 bridgehead atoms. The molecular weight excluding hydrogens is 745 g/mol. The first-order valence-corrected chi connectivity index (χ1v) is 19.5. The third-order valence-electron chi connectivity index (χ3n) is 9.00. The zero-order valence-corrected chi connectivity index (χ0v) is 34.1. The summed E-state index contributed by atoms with van der Waals surface area (Å²) >= 11 is 0. The van der Waals surface area contributed by atoms with Crippen LogP contribution in [0.25, 0.3) is 0 Å². The number of amides is 2. The highest BCUT2D eigenvalue weighted by molar-refractivity contribution is 5.86. The summed E-state index contributed by atoms with van der Waals surface area (Å²) in [4.78, 5) is 32.7. The zero-order valence-electron chi connectivity index (χ0n) is 34.1. The van der Waals surface area contributed by atoms with Crippen LogP contribution in [0.5, 0.6) is 11.5 Å². The fourth-order valence-electron chi connectivity index (χ4n) is 6.28. The van der Waals surface area contributed by atoms with Gasteiger partial charge in [0.15, 0.2) is 0 Å². The van der Waals surface area contributed by atoms with E-state index < -0.39 is 23.4 Å². The minimum atomic E-state index is -0.577. The molecule has 4 N–H and O–H groups in total. The number of carbonyl (C=O) groups is 2. The molecule has 0 spiro atoms.